The summed E-state index contributed by atoms with van der Waals surface area (Å²) >= 11 is 0. The van der Waals surface area contributed by atoms with Crippen molar-refractivity contribution >= 4 is 44.6 Å². The van der Waals surface area contributed by atoms with Gasteiger partial charge in [0.25, 0.3) is 0 Å². The molecule has 0 aliphatic heterocycles. The van der Waals surface area contributed by atoms with Crippen LogP contribution >= 0.6 is 0 Å². The molecule has 0 radical (unpaired) electrons. The summed E-state index contributed by atoms with van der Waals surface area (Å²) in [6.45, 7) is 1.63. The number of hydrogen-bond acceptors (Lipinski definition) is 8. The Morgan fingerprint density at radius 1 is 1.27 bits per heavy atom. The number of rotatable bonds is 10. The topological polar surface area (TPSA) is 153 Å². The van der Waals surface area contributed by atoms with Gasteiger partial charge in [-0.05, 0) is 18.6 Å². The van der Waals surface area contributed by atoms with Gasteiger partial charge < -0.3 is 21.0 Å². The molecule has 0 spiro atoms. The molecular weight excluding hydrogens is 456 g/mol. The maximum Gasteiger partial charge on any atom is 0.232 e. The number of sulfonamides is 1. The number of halogens is 2. The highest BCUT2D eigenvalue weighted by atomic mass is 32.2. The molecule has 0 fully saturated rings. The summed E-state index contributed by atoms with van der Waals surface area (Å²) in [4.78, 5) is 24.0. The summed E-state index contributed by atoms with van der Waals surface area (Å²) < 4.78 is 55.8. The van der Waals surface area contributed by atoms with Crippen LogP contribution in [0.1, 0.15) is 29.3 Å². The van der Waals surface area contributed by atoms with Crippen LogP contribution < -0.4 is 15.4 Å². The van der Waals surface area contributed by atoms with E-state index < -0.39 is 38.7 Å². The van der Waals surface area contributed by atoms with E-state index in [9.17, 15) is 17.6 Å². The van der Waals surface area contributed by atoms with Crippen molar-refractivity contribution in [2.45, 2.75) is 13.3 Å². The highest BCUT2D eigenvalue weighted by Gasteiger charge is 2.27. The molecule has 10 nitrogen and oxygen atoms in total. The number of aromatic nitrogens is 3. The lowest BCUT2D eigenvalue weighted by molar-refractivity contribution is 0.103. The molecule has 3 aromatic rings. The summed E-state index contributed by atoms with van der Waals surface area (Å²) in [5, 5.41) is 13.2. The van der Waals surface area contributed by atoms with Gasteiger partial charge in [0.1, 0.15) is 23.6 Å². The lowest BCUT2D eigenvalue weighted by atomic mass is 10.0. The third-order valence-corrected chi connectivity index (χ3v) is 5.97. The highest BCUT2D eigenvalue weighted by Crippen LogP contribution is 2.30. The number of nitrogens with zero attached hydrogens (tertiary/aromatic N) is 2. The summed E-state index contributed by atoms with van der Waals surface area (Å²) in [7, 11) is -2.25. The van der Waals surface area contributed by atoms with E-state index in [2.05, 4.69) is 25.6 Å². The van der Waals surface area contributed by atoms with Crippen LogP contribution in [0.3, 0.4) is 0 Å². The van der Waals surface area contributed by atoms with Gasteiger partial charge in [-0.15, -0.1) is 0 Å². The zero-order valence-electron chi connectivity index (χ0n) is 17.7. The van der Waals surface area contributed by atoms with E-state index in [1.54, 1.807) is 14.0 Å². The van der Waals surface area contributed by atoms with Crippen molar-refractivity contribution in [3.8, 4) is 0 Å². The molecule has 0 unspecified atom stereocenters. The normalized spacial score (nSPS) is 11.9. The molecule has 13 heteroatoms. The van der Waals surface area contributed by atoms with Crippen molar-refractivity contribution in [3.63, 3.8) is 0 Å². The van der Waals surface area contributed by atoms with Crippen molar-refractivity contribution < 1.29 is 22.0 Å². The number of H-pyrrole nitrogens is 1. The zero-order valence-corrected chi connectivity index (χ0v) is 18.5. The number of anilines is 2. The number of nitrogens with one attached hydrogen (secondary N) is 5. The van der Waals surface area contributed by atoms with E-state index in [-0.39, 0.29) is 34.6 Å². The lowest BCUT2D eigenvalue weighted by Crippen LogP contribution is -2.18. The van der Waals surface area contributed by atoms with Crippen LogP contribution in [-0.2, 0) is 10.0 Å². The number of hydrogen-bond donors (Lipinski definition) is 5. The van der Waals surface area contributed by atoms with Crippen molar-refractivity contribution in [3.05, 3.63) is 59.3 Å². The second-order valence-electron chi connectivity index (χ2n) is 6.84. The Morgan fingerprint density at radius 2 is 2.03 bits per heavy atom. The SMILES string of the molecule is CCCS(=O)(=O)Nc1ccc(F)c(C(=O)c2c[nH]c3ncnc(N/C(C=N)=C/NC)c23)c1F. The van der Waals surface area contributed by atoms with Crippen LogP contribution in [0.2, 0.25) is 0 Å². The van der Waals surface area contributed by atoms with E-state index in [0.29, 0.717) is 5.70 Å². The monoisotopic (exact) mass is 477 g/mol. The first kappa shape index (κ1) is 23.8. The first-order valence-corrected chi connectivity index (χ1v) is 11.4. The molecule has 3 rings (SSSR count). The predicted octanol–water partition coefficient (Wildman–Crippen LogP) is 2.74. The number of benzene rings is 1. The smallest absolute Gasteiger partial charge is 0.232 e. The molecule has 0 bridgehead atoms. The second-order valence-corrected chi connectivity index (χ2v) is 8.68. The first-order valence-electron chi connectivity index (χ1n) is 9.72. The molecule has 1 aromatic carbocycles. The van der Waals surface area contributed by atoms with E-state index >= 15 is 4.39 Å². The highest BCUT2D eigenvalue weighted by molar-refractivity contribution is 7.92. The standard InChI is InChI=1S/C20H21F2N7O3S/c1-3-6-33(31,32)29-14-5-4-13(21)16(17(14)22)18(30)12-9-25-19-15(12)20(27-10-26-19)28-11(7-23)8-24-2/h4-5,7-10,23-24,29H,3,6H2,1-2H3,(H2,25,26,27,28)/b11-8+,23-7?. The van der Waals surface area contributed by atoms with E-state index in [1.165, 1.54) is 18.7 Å². The van der Waals surface area contributed by atoms with Gasteiger partial charge in [0, 0.05) is 25.7 Å². The predicted molar refractivity (Wildman–Crippen MR) is 121 cm³/mol. The molecule has 0 saturated heterocycles. The quantitative estimate of drug-likeness (QED) is 0.222. The van der Waals surface area contributed by atoms with Gasteiger partial charge >= 0.3 is 0 Å². The van der Waals surface area contributed by atoms with Gasteiger partial charge in [0.05, 0.1) is 33.7 Å². The molecule has 0 saturated carbocycles. The van der Waals surface area contributed by atoms with Gasteiger partial charge in [0.15, 0.2) is 5.82 Å². The Morgan fingerprint density at radius 3 is 2.70 bits per heavy atom. The van der Waals surface area contributed by atoms with E-state index in [0.717, 1.165) is 18.3 Å². The molecule has 33 heavy (non-hydrogen) atoms. The fourth-order valence-corrected chi connectivity index (χ4v) is 4.24. The minimum absolute atomic E-state index is 0.121. The molecule has 0 amide bonds. The fourth-order valence-electron chi connectivity index (χ4n) is 3.10. The molecule has 0 aliphatic rings. The number of carbonyl (C=O) groups is 1. The Balaban J connectivity index is 2.11. The molecule has 2 heterocycles. The van der Waals surface area contributed by atoms with E-state index in [4.69, 9.17) is 5.41 Å². The average molecular weight is 477 g/mol. The Hall–Kier alpha value is -3.87. The van der Waals surface area contributed by atoms with Crippen LogP contribution in [0.25, 0.3) is 11.0 Å². The number of fused-ring (bicyclic) bond motifs is 1. The number of ketones is 1. The Labute approximate surface area is 188 Å². The summed E-state index contributed by atoms with van der Waals surface area (Å²) in [5.41, 5.74) is -1.11. The zero-order chi connectivity index (χ0) is 24.2. The van der Waals surface area contributed by atoms with Crippen LogP contribution in [0, 0.1) is 17.0 Å². The van der Waals surface area contributed by atoms with Gasteiger partial charge in [-0.3, -0.25) is 9.52 Å². The summed E-state index contributed by atoms with van der Waals surface area (Å²) in [6, 6.07) is 1.73. The van der Waals surface area contributed by atoms with Gasteiger partial charge in [-0.2, -0.15) is 0 Å². The molecular formula is C20H21F2N7O3S. The fraction of sp³-hybridized carbons (Fsp3) is 0.200. The first-order chi connectivity index (χ1) is 15.7. The van der Waals surface area contributed by atoms with Crippen molar-refractivity contribution in [2.75, 3.05) is 22.8 Å². The molecule has 0 aliphatic carbocycles. The minimum Gasteiger partial charge on any atom is -0.392 e. The van der Waals surface area contributed by atoms with Crippen LogP contribution in [-0.4, -0.2) is 48.2 Å². The van der Waals surface area contributed by atoms with Crippen molar-refractivity contribution in [1.82, 2.24) is 20.3 Å². The van der Waals surface area contributed by atoms with E-state index in [1.807, 2.05) is 4.72 Å². The maximum absolute atomic E-state index is 15.1. The summed E-state index contributed by atoms with van der Waals surface area (Å²) in [6.07, 6.45) is 5.20. The molecule has 2 aromatic heterocycles. The van der Waals surface area contributed by atoms with Crippen LogP contribution in [0.5, 0.6) is 0 Å². The van der Waals surface area contributed by atoms with Gasteiger partial charge in [-0.1, -0.05) is 6.92 Å². The van der Waals surface area contributed by atoms with Crippen LogP contribution in [0.4, 0.5) is 20.3 Å². The number of carbonyl (C=O) groups excluding carboxylic acids is 1. The molecule has 174 valence electrons. The summed E-state index contributed by atoms with van der Waals surface area (Å²) in [5.74, 6) is -3.69. The van der Waals surface area contributed by atoms with Crippen LogP contribution in [0.15, 0.2) is 36.6 Å². The molecule has 0 atom stereocenters. The second kappa shape index (κ2) is 9.73. The maximum atomic E-state index is 15.1. The third-order valence-electron chi connectivity index (χ3n) is 4.49. The van der Waals surface area contributed by atoms with Crippen molar-refractivity contribution in [1.29, 1.82) is 5.41 Å². The molecule has 5 N–H and O–H groups in total. The lowest BCUT2D eigenvalue weighted by Gasteiger charge is -2.12. The van der Waals surface area contributed by atoms with Gasteiger partial charge in [-0.25, -0.2) is 27.2 Å². The van der Waals surface area contributed by atoms with Crippen molar-refractivity contribution in [2.24, 2.45) is 0 Å². The Bertz CT molecular complexity index is 1350. The van der Waals surface area contributed by atoms with Gasteiger partial charge in [0.2, 0.25) is 15.8 Å². The Kier molecular flexibility index (Phi) is 7.01. The largest absolute Gasteiger partial charge is 0.392 e. The number of allylic oxidation sites excluding steroid dienone is 1. The number of aromatic amines is 1. The third kappa shape index (κ3) is 4.98. The average Bonchev–Trinajstić information content (AvgIpc) is 3.20. The minimum atomic E-state index is -3.87.